The molecule has 122 valence electrons. The third kappa shape index (κ3) is 4.24. The summed E-state index contributed by atoms with van der Waals surface area (Å²) in [5, 5.41) is 8.34. The lowest BCUT2D eigenvalue weighted by molar-refractivity contribution is 0.456. The van der Waals surface area contributed by atoms with E-state index in [0.29, 0.717) is 5.92 Å². The topological polar surface area (TPSA) is 77.6 Å². The summed E-state index contributed by atoms with van der Waals surface area (Å²) in [6, 6.07) is 3.93. The highest BCUT2D eigenvalue weighted by Gasteiger charge is 2.20. The summed E-state index contributed by atoms with van der Waals surface area (Å²) in [7, 11) is 0. The molecule has 1 saturated carbocycles. The number of aromatic nitrogens is 4. The van der Waals surface area contributed by atoms with Crippen molar-refractivity contribution in [2.24, 2.45) is 0 Å². The zero-order chi connectivity index (χ0) is 15.9. The van der Waals surface area contributed by atoms with Gasteiger partial charge in [-0.05, 0) is 25.0 Å². The van der Waals surface area contributed by atoms with Crippen LogP contribution >= 0.6 is 0 Å². The van der Waals surface area contributed by atoms with E-state index in [9.17, 15) is 0 Å². The molecule has 0 unspecified atom stereocenters. The Kier molecular flexibility index (Phi) is 5.51. The second-order valence-corrected chi connectivity index (χ2v) is 6.39. The molecule has 2 heterocycles. The molecular formula is C18H25N5. The van der Waals surface area contributed by atoms with E-state index >= 15 is 0 Å². The van der Waals surface area contributed by atoms with Gasteiger partial charge in [-0.25, -0.2) is 4.98 Å². The fourth-order valence-electron chi connectivity index (χ4n) is 3.43. The van der Waals surface area contributed by atoms with Crippen LogP contribution in [0.25, 0.3) is 11.3 Å². The summed E-state index contributed by atoms with van der Waals surface area (Å²) >= 11 is 0. The molecular weight excluding hydrogens is 286 g/mol. The van der Waals surface area contributed by atoms with Crippen molar-refractivity contribution in [3.63, 3.8) is 0 Å². The first-order valence-corrected chi connectivity index (χ1v) is 8.75. The lowest BCUT2D eigenvalue weighted by Crippen LogP contribution is -2.10. The van der Waals surface area contributed by atoms with Gasteiger partial charge in [0.1, 0.15) is 5.69 Å². The highest BCUT2D eigenvalue weighted by molar-refractivity contribution is 5.61. The number of pyridine rings is 1. The monoisotopic (exact) mass is 311 g/mol. The molecule has 0 aromatic carbocycles. The zero-order valence-corrected chi connectivity index (χ0v) is 13.6. The Morgan fingerprint density at radius 3 is 2.09 bits per heavy atom. The van der Waals surface area contributed by atoms with Gasteiger partial charge in [0.2, 0.25) is 5.95 Å². The summed E-state index contributed by atoms with van der Waals surface area (Å²) in [6.07, 6.45) is 15.1. The number of hydrogen-bond donors (Lipinski definition) is 1. The van der Waals surface area contributed by atoms with Crippen LogP contribution in [0, 0.1) is 0 Å². The molecule has 1 aliphatic rings. The van der Waals surface area contributed by atoms with E-state index in [1.807, 2.05) is 12.1 Å². The predicted molar refractivity (Wildman–Crippen MR) is 91.8 cm³/mol. The quantitative estimate of drug-likeness (QED) is 0.902. The van der Waals surface area contributed by atoms with Crippen molar-refractivity contribution in [3.05, 3.63) is 30.2 Å². The van der Waals surface area contributed by atoms with Crippen LogP contribution in [0.3, 0.4) is 0 Å². The zero-order valence-electron chi connectivity index (χ0n) is 13.6. The van der Waals surface area contributed by atoms with E-state index in [4.69, 9.17) is 5.73 Å². The van der Waals surface area contributed by atoms with Crippen molar-refractivity contribution < 1.29 is 0 Å². The van der Waals surface area contributed by atoms with Gasteiger partial charge in [0.25, 0.3) is 0 Å². The van der Waals surface area contributed by atoms with Crippen LogP contribution in [0.15, 0.2) is 24.5 Å². The van der Waals surface area contributed by atoms with Crippen molar-refractivity contribution in [2.45, 2.75) is 63.7 Å². The van der Waals surface area contributed by atoms with Crippen molar-refractivity contribution in [1.29, 1.82) is 0 Å². The molecule has 0 amide bonds. The predicted octanol–water partition coefficient (Wildman–Crippen LogP) is 4.12. The number of nitrogen functional groups attached to an aromatic ring is 1. The van der Waals surface area contributed by atoms with Gasteiger partial charge in [-0.1, -0.05) is 44.9 Å². The number of nitrogens with two attached hydrogens (primary N) is 1. The largest absolute Gasteiger partial charge is 0.366 e. The maximum absolute atomic E-state index is 5.84. The van der Waals surface area contributed by atoms with Crippen LogP contribution in [0.1, 0.15) is 69.4 Å². The van der Waals surface area contributed by atoms with Crippen LogP contribution in [0.2, 0.25) is 0 Å². The van der Waals surface area contributed by atoms with Crippen molar-refractivity contribution in [2.75, 3.05) is 5.73 Å². The van der Waals surface area contributed by atoms with Crippen molar-refractivity contribution in [3.8, 4) is 11.3 Å². The fourth-order valence-corrected chi connectivity index (χ4v) is 3.43. The molecule has 5 nitrogen and oxygen atoms in total. The molecule has 5 heteroatoms. The van der Waals surface area contributed by atoms with Crippen LogP contribution in [-0.2, 0) is 0 Å². The number of anilines is 1. The second kappa shape index (κ2) is 7.99. The van der Waals surface area contributed by atoms with Crippen LogP contribution < -0.4 is 5.73 Å². The summed E-state index contributed by atoms with van der Waals surface area (Å²) in [5.41, 5.74) is 8.74. The third-order valence-corrected chi connectivity index (χ3v) is 4.68. The standard InChI is InChI=1S/C18H25N5/c19-18-21-16(14-8-6-4-2-1-3-5-7-9-14)17(22-23-18)15-10-12-20-13-11-15/h10-14H,1-9H2,(H2,19,21,23). The first-order chi connectivity index (χ1) is 11.3. The van der Waals surface area contributed by atoms with Crippen LogP contribution in [0.5, 0.6) is 0 Å². The lowest BCUT2D eigenvalue weighted by atomic mass is 9.88. The Labute approximate surface area is 137 Å². The fraction of sp³-hybridized carbons (Fsp3) is 0.556. The Morgan fingerprint density at radius 1 is 0.826 bits per heavy atom. The molecule has 0 radical (unpaired) electrons. The molecule has 2 N–H and O–H groups in total. The Balaban J connectivity index is 1.91. The number of hydrogen-bond acceptors (Lipinski definition) is 5. The van der Waals surface area contributed by atoms with Gasteiger partial charge in [-0.2, -0.15) is 0 Å². The third-order valence-electron chi connectivity index (χ3n) is 4.68. The van der Waals surface area contributed by atoms with Gasteiger partial charge in [0.15, 0.2) is 0 Å². The normalized spacial score (nSPS) is 17.7. The Bertz CT molecular complexity index is 604. The summed E-state index contributed by atoms with van der Waals surface area (Å²) < 4.78 is 0. The average molecular weight is 311 g/mol. The molecule has 1 fully saturated rings. The molecule has 0 saturated heterocycles. The Hall–Kier alpha value is -2.04. The summed E-state index contributed by atoms with van der Waals surface area (Å²) in [6.45, 7) is 0. The van der Waals surface area contributed by atoms with E-state index in [0.717, 1.165) is 29.8 Å². The van der Waals surface area contributed by atoms with Gasteiger partial charge in [-0.3, -0.25) is 4.98 Å². The highest BCUT2D eigenvalue weighted by atomic mass is 15.2. The highest BCUT2D eigenvalue weighted by Crippen LogP contribution is 2.33. The van der Waals surface area contributed by atoms with Gasteiger partial charge in [-0.15, -0.1) is 10.2 Å². The van der Waals surface area contributed by atoms with Gasteiger partial charge >= 0.3 is 0 Å². The van der Waals surface area contributed by atoms with Crippen LogP contribution in [-0.4, -0.2) is 20.2 Å². The number of nitrogens with zero attached hydrogens (tertiary/aromatic N) is 4. The molecule has 2 aromatic heterocycles. The molecule has 0 aliphatic heterocycles. The van der Waals surface area contributed by atoms with Crippen LogP contribution in [0.4, 0.5) is 5.95 Å². The first kappa shape index (κ1) is 15.8. The minimum Gasteiger partial charge on any atom is -0.366 e. The van der Waals surface area contributed by atoms with Gasteiger partial charge in [0, 0.05) is 23.9 Å². The van der Waals surface area contributed by atoms with Gasteiger partial charge in [0.05, 0.1) is 5.69 Å². The van der Waals surface area contributed by atoms with E-state index < -0.39 is 0 Å². The lowest BCUT2D eigenvalue weighted by Gasteiger charge is -2.20. The molecule has 3 rings (SSSR count). The second-order valence-electron chi connectivity index (χ2n) is 6.39. The molecule has 0 spiro atoms. The van der Waals surface area contributed by atoms with E-state index in [1.165, 1.54) is 44.9 Å². The SMILES string of the molecule is Nc1nnc(-c2ccncc2)c(C2CCCCCCCCC2)n1. The van der Waals surface area contributed by atoms with E-state index in [1.54, 1.807) is 12.4 Å². The minimum absolute atomic E-state index is 0.273. The minimum atomic E-state index is 0.273. The Morgan fingerprint density at radius 2 is 1.43 bits per heavy atom. The maximum atomic E-state index is 5.84. The smallest absolute Gasteiger partial charge is 0.240 e. The maximum Gasteiger partial charge on any atom is 0.240 e. The first-order valence-electron chi connectivity index (χ1n) is 8.75. The average Bonchev–Trinajstić information content (AvgIpc) is 2.60. The molecule has 0 atom stereocenters. The molecule has 2 aromatic rings. The number of rotatable bonds is 2. The molecule has 1 aliphatic carbocycles. The van der Waals surface area contributed by atoms with E-state index in [-0.39, 0.29) is 5.95 Å². The van der Waals surface area contributed by atoms with Crippen molar-refractivity contribution in [1.82, 2.24) is 20.2 Å². The summed E-state index contributed by atoms with van der Waals surface area (Å²) in [4.78, 5) is 8.67. The molecule has 0 bridgehead atoms. The van der Waals surface area contributed by atoms with Gasteiger partial charge < -0.3 is 5.73 Å². The van der Waals surface area contributed by atoms with E-state index in [2.05, 4.69) is 20.2 Å². The molecule has 23 heavy (non-hydrogen) atoms. The van der Waals surface area contributed by atoms with Crippen molar-refractivity contribution >= 4 is 5.95 Å². The summed E-state index contributed by atoms with van der Waals surface area (Å²) in [5.74, 6) is 0.698.